The molecule has 0 saturated heterocycles. The first-order chi connectivity index (χ1) is 17.9. The average molecular weight is 546 g/mol. The lowest BCUT2D eigenvalue weighted by Crippen LogP contribution is -2.33. The first-order valence-electron chi connectivity index (χ1n) is 10.7. The van der Waals surface area contributed by atoms with E-state index in [0.717, 1.165) is 18.2 Å². The maximum atomic E-state index is 14.6. The minimum atomic E-state index is -4.88. The average Bonchev–Trinajstić information content (AvgIpc) is 2.84. The fraction of sp³-hybridized carbons (Fsp3) is 0.0417. The van der Waals surface area contributed by atoms with E-state index in [9.17, 15) is 27.3 Å². The van der Waals surface area contributed by atoms with Crippen molar-refractivity contribution >= 4 is 47.7 Å². The molecule has 0 spiro atoms. The van der Waals surface area contributed by atoms with E-state index < -0.39 is 49.5 Å². The molecule has 0 atom stereocenters. The van der Waals surface area contributed by atoms with Gasteiger partial charge in [-0.25, -0.2) is 32.4 Å². The van der Waals surface area contributed by atoms with Crippen LogP contribution in [0.3, 0.4) is 0 Å². The van der Waals surface area contributed by atoms with Crippen LogP contribution in [0.4, 0.5) is 35.2 Å². The van der Waals surface area contributed by atoms with Gasteiger partial charge in [-0.15, -0.1) is 0 Å². The number of benzene rings is 3. The first-order valence-corrected chi connectivity index (χ1v) is 12.2. The third kappa shape index (κ3) is 5.98. The van der Waals surface area contributed by atoms with Gasteiger partial charge >= 0.3 is 13.9 Å². The summed E-state index contributed by atoms with van der Waals surface area (Å²) in [6.45, 7) is -0.938. The number of primary amides is 1. The van der Waals surface area contributed by atoms with Crippen molar-refractivity contribution in [1.82, 2.24) is 4.98 Å². The highest BCUT2D eigenvalue weighted by Crippen LogP contribution is 2.37. The number of phosphoric ester groups is 1. The van der Waals surface area contributed by atoms with Crippen LogP contribution in [0.1, 0.15) is 0 Å². The van der Waals surface area contributed by atoms with Crippen LogP contribution in [0.15, 0.2) is 66.7 Å². The van der Waals surface area contributed by atoms with Crippen LogP contribution < -0.4 is 16.0 Å². The highest BCUT2D eigenvalue weighted by atomic mass is 31.2. The van der Waals surface area contributed by atoms with E-state index in [0.29, 0.717) is 21.2 Å². The predicted molar refractivity (Wildman–Crippen MR) is 132 cm³/mol. The molecule has 196 valence electrons. The Morgan fingerprint density at radius 3 is 2.26 bits per heavy atom. The molecular formula is C24H18F3N4O6P. The fourth-order valence-electron chi connectivity index (χ4n) is 3.64. The van der Waals surface area contributed by atoms with Crippen LogP contribution in [0.25, 0.3) is 22.0 Å². The summed E-state index contributed by atoms with van der Waals surface area (Å²) in [6.07, 6.45) is 0. The van der Waals surface area contributed by atoms with Crippen molar-refractivity contribution in [1.29, 1.82) is 0 Å². The molecule has 4 rings (SSSR count). The van der Waals surface area contributed by atoms with Gasteiger partial charge in [0, 0.05) is 16.6 Å². The molecule has 0 saturated carbocycles. The lowest BCUT2D eigenvalue weighted by molar-refractivity contribution is -0.118. The van der Waals surface area contributed by atoms with Crippen LogP contribution in [-0.4, -0.2) is 33.3 Å². The Kier molecular flexibility index (Phi) is 7.46. The van der Waals surface area contributed by atoms with Crippen LogP contribution in [0, 0.1) is 17.5 Å². The van der Waals surface area contributed by atoms with Crippen molar-refractivity contribution < 1.29 is 41.6 Å². The molecule has 0 bridgehead atoms. The molecule has 14 heteroatoms. The molecular weight excluding hydrogens is 528 g/mol. The normalized spacial score (nSPS) is 11.4. The number of hydrogen-bond acceptors (Lipinski definition) is 5. The maximum Gasteiger partial charge on any atom is 0.470 e. The van der Waals surface area contributed by atoms with Crippen molar-refractivity contribution in [3.05, 3.63) is 84.2 Å². The Labute approximate surface area is 212 Å². The molecule has 1 aromatic heterocycles. The van der Waals surface area contributed by atoms with Gasteiger partial charge in [0.15, 0.2) is 0 Å². The van der Waals surface area contributed by atoms with Crippen LogP contribution in [-0.2, 0) is 13.9 Å². The Balaban J connectivity index is 1.87. The van der Waals surface area contributed by atoms with E-state index in [4.69, 9.17) is 15.5 Å². The van der Waals surface area contributed by atoms with Crippen LogP contribution in [0.5, 0.6) is 0 Å². The summed E-state index contributed by atoms with van der Waals surface area (Å²) in [5.41, 5.74) is 5.46. The number of pyridine rings is 1. The van der Waals surface area contributed by atoms with E-state index in [1.807, 2.05) is 0 Å². The molecule has 4 aromatic rings. The van der Waals surface area contributed by atoms with Gasteiger partial charge in [0.2, 0.25) is 0 Å². The molecule has 1 heterocycles. The zero-order chi connectivity index (χ0) is 27.6. The van der Waals surface area contributed by atoms with Gasteiger partial charge < -0.3 is 20.8 Å². The van der Waals surface area contributed by atoms with Crippen molar-refractivity contribution in [2.75, 3.05) is 16.8 Å². The summed E-state index contributed by atoms with van der Waals surface area (Å²) in [5, 5.41) is 3.15. The Morgan fingerprint density at radius 1 is 1.00 bits per heavy atom. The van der Waals surface area contributed by atoms with E-state index in [1.54, 1.807) is 0 Å². The summed E-state index contributed by atoms with van der Waals surface area (Å²) in [6, 6.07) is 12.6. The lowest BCUT2D eigenvalue weighted by Gasteiger charge is -2.22. The number of rotatable bonds is 7. The summed E-state index contributed by atoms with van der Waals surface area (Å²) >= 11 is 0. The van der Waals surface area contributed by atoms with Gasteiger partial charge in [0.1, 0.15) is 35.6 Å². The van der Waals surface area contributed by atoms with Crippen LogP contribution in [0.2, 0.25) is 0 Å². The number of hydrogen-bond donors (Lipinski definition) is 4. The van der Waals surface area contributed by atoms with E-state index in [2.05, 4.69) is 14.8 Å². The topological polar surface area (TPSA) is 155 Å². The quantitative estimate of drug-likeness (QED) is 0.247. The molecule has 0 aliphatic rings. The van der Waals surface area contributed by atoms with Gasteiger partial charge in [-0.2, -0.15) is 0 Å². The van der Waals surface area contributed by atoms with Crippen molar-refractivity contribution in [2.45, 2.75) is 0 Å². The van der Waals surface area contributed by atoms with Crippen molar-refractivity contribution in [3.63, 3.8) is 0 Å². The second-order valence-corrected chi connectivity index (χ2v) is 9.07. The molecule has 38 heavy (non-hydrogen) atoms. The number of fused-ring (bicyclic) bond motifs is 1. The van der Waals surface area contributed by atoms with Crippen molar-refractivity contribution in [2.24, 2.45) is 5.73 Å². The second kappa shape index (κ2) is 10.6. The van der Waals surface area contributed by atoms with Crippen LogP contribution >= 0.6 is 7.82 Å². The number of aromatic nitrogens is 1. The molecule has 3 aromatic carbocycles. The monoisotopic (exact) mass is 546 g/mol. The number of nitrogens with one attached hydrogen (secondary N) is 1. The number of urea groups is 1. The first kappa shape index (κ1) is 26.8. The van der Waals surface area contributed by atoms with E-state index in [1.165, 1.54) is 48.5 Å². The molecule has 3 amide bonds. The minimum Gasteiger partial charge on any atom is -0.351 e. The number of carbonyl (C=O) groups excluding carboxylic acids is 2. The number of nitrogens with two attached hydrogens (primary N) is 1. The summed E-state index contributed by atoms with van der Waals surface area (Å²) in [7, 11) is -4.88. The third-order valence-corrected chi connectivity index (χ3v) is 5.66. The van der Waals surface area contributed by atoms with Gasteiger partial charge in [-0.3, -0.25) is 9.32 Å². The van der Waals surface area contributed by atoms with E-state index in [-0.39, 0.29) is 17.2 Å². The summed E-state index contributed by atoms with van der Waals surface area (Å²) in [5.74, 6) is -3.85. The number of anilines is 3. The highest BCUT2D eigenvalue weighted by Gasteiger charge is 2.25. The van der Waals surface area contributed by atoms with Crippen molar-refractivity contribution in [3.8, 4) is 11.3 Å². The second-order valence-electron chi connectivity index (χ2n) is 7.83. The Bertz CT molecular complexity index is 1580. The molecule has 0 radical (unpaired) electrons. The molecule has 0 unspecified atom stereocenters. The number of carbonyl (C=O) groups is 2. The predicted octanol–water partition coefficient (Wildman–Crippen LogP) is 4.58. The molecule has 0 fully saturated rings. The number of amides is 3. The van der Waals surface area contributed by atoms with Gasteiger partial charge in [0.25, 0.3) is 5.91 Å². The highest BCUT2D eigenvalue weighted by molar-refractivity contribution is 7.46. The number of nitrogens with zero attached hydrogens (tertiary/aromatic N) is 2. The van der Waals surface area contributed by atoms with Gasteiger partial charge in [-0.1, -0.05) is 12.1 Å². The lowest BCUT2D eigenvalue weighted by atomic mass is 10.0. The minimum absolute atomic E-state index is 0.154. The number of halogens is 3. The Hall–Kier alpha value is -4.29. The zero-order valence-corrected chi connectivity index (χ0v) is 20.0. The van der Waals surface area contributed by atoms with E-state index >= 15 is 0 Å². The smallest absolute Gasteiger partial charge is 0.351 e. The largest absolute Gasteiger partial charge is 0.470 e. The number of para-hydroxylation sites is 1. The van der Waals surface area contributed by atoms with Gasteiger partial charge in [-0.05, 0) is 60.0 Å². The fourth-order valence-corrected chi connectivity index (χ4v) is 3.93. The molecule has 0 aliphatic heterocycles. The number of phosphoric acid groups is 1. The Morgan fingerprint density at radius 2 is 1.66 bits per heavy atom. The summed E-state index contributed by atoms with van der Waals surface area (Å²) in [4.78, 5) is 46.9. The van der Waals surface area contributed by atoms with Gasteiger partial charge in [0.05, 0.1) is 5.69 Å². The third-order valence-electron chi connectivity index (χ3n) is 5.19. The maximum absolute atomic E-state index is 14.6. The molecule has 10 nitrogen and oxygen atoms in total. The SMILES string of the molecule is NC(=O)N(c1cc2cc(NC(=O)COP(=O)(O)O)ccc2c(-c2ccc(F)cc2)n1)c1c(F)cccc1F. The standard InChI is InChI=1S/C24H18F3N4O6P/c25-15-6-4-13(5-7-15)22-17-9-8-16(29-21(32)12-37-38(34,35)36)10-14(17)11-20(30-22)31(24(28)33)23-18(26)2-1-3-19(23)27/h1-11H,12H2,(H2,28,33)(H,29,32)(H2,34,35,36). The zero-order valence-electron chi connectivity index (χ0n) is 19.1. The molecule has 5 N–H and O–H groups in total. The summed E-state index contributed by atoms with van der Waals surface area (Å²) < 4.78 is 57.8. The molecule has 0 aliphatic carbocycles.